The summed E-state index contributed by atoms with van der Waals surface area (Å²) < 4.78 is 14.6. The summed E-state index contributed by atoms with van der Waals surface area (Å²) in [5, 5.41) is 5.98. The number of nitrogens with one attached hydrogen (secondary N) is 2. The molecular formula is C16H19FN2O2S. The third-order valence-corrected chi connectivity index (χ3v) is 4.60. The fourth-order valence-corrected chi connectivity index (χ4v) is 3.26. The van der Waals surface area contributed by atoms with Crippen LogP contribution in [0.3, 0.4) is 0 Å². The number of thiophene rings is 1. The van der Waals surface area contributed by atoms with Crippen molar-refractivity contribution >= 4 is 33.2 Å². The van der Waals surface area contributed by atoms with E-state index in [2.05, 4.69) is 10.6 Å². The summed E-state index contributed by atoms with van der Waals surface area (Å²) in [4.78, 5) is 24.1. The molecule has 0 aliphatic rings. The van der Waals surface area contributed by atoms with Crippen LogP contribution in [0.1, 0.15) is 29.1 Å². The number of fused-ring (bicyclic) bond motifs is 1. The molecule has 4 nitrogen and oxygen atoms in total. The third kappa shape index (κ3) is 3.44. The number of halogens is 1. The van der Waals surface area contributed by atoms with Gasteiger partial charge in [0.15, 0.2) is 0 Å². The van der Waals surface area contributed by atoms with Crippen molar-refractivity contribution in [1.29, 1.82) is 0 Å². The van der Waals surface area contributed by atoms with E-state index in [4.69, 9.17) is 0 Å². The van der Waals surface area contributed by atoms with Crippen LogP contribution in [0.4, 0.5) is 4.39 Å². The Kier molecular flexibility index (Phi) is 5.13. The van der Waals surface area contributed by atoms with Gasteiger partial charge >= 0.3 is 0 Å². The standard InChI is InChI=1S/C16H19FN2O2S/c1-9(2)15(20)18-7-8-19-16(21)14-10(3)13-11(17)5-4-6-12(13)22-14/h4-6,9H,7-8H2,1-3H3,(H,18,20)(H,19,21). The maximum absolute atomic E-state index is 13.8. The van der Waals surface area contributed by atoms with Gasteiger partial charge in [-0.3, -0.25) is 9.59 Å². The highest BCUT2D eigenvalue weighted by Gasteiger charge is 2.17. The van der Waals surface area contributed by atoms with Crippen LogP contribution < -0.4 is 10.6 Å². The summed E-state index contributed by atoms with van der Waals surface area (Å²) in [6, 6.07) is 4.83. The molecule has 1 heterocycles. The zero-order valence-electron chi connectivity index (χ0n) is 12.8. The zero-order valence-corrected chi connectivity index (χ0v) is 13.6. The van der Waals surface area contributed by atoms with E-state index >= 15 is 0 Å². The highest BCUT2D eigenvalue weighted by molar-refractivity contribution is 7.21. The Morgan fingerprint density at radius 3 is 2.55 bits per heavy atom. The molecule has 1 aromatic carbocycles. The first kappa shape index (κ1) is 16.4. The lowest BCUT2D eigenvalue weighted by Crippen LogP contribution is -2.36. The smallest absolute Gasteiger partial charge is 0.261 e. The number of rotatable bonds is 5. The molecule has 0 unspecified atom stereocenters. The molecule has 0 fully saturated rings. The number of hydrogen-bond acceptors (Lipinski definition) is 3. The maximum Gasteiger partial charge on any atom is 0.261 e. The van der Waals surface area contributed by atoms with Crippen molar-refractivity contribution in [1.82, 2.24) is 10.6 Å². The molecule has 2 amide bonds. The van der Waals surface area contributed by atoms with Crippen LogP contribution in [0.15, 0.2) is 18.2 Å². The number of hydrogen-bond donors (Lipinski definition) is 2. The first-order valence-corrected chi connectivity index (χ1v) is 7.97. The fraction of sp³-hybridized carbons (Fsp3) is 0.375. The van der Waals surface area contributed by atoms with Crippen molar-refractivity contribution in [2.24, 2.45) is 5.92 Å². The Morgan fingerprint density at radius 2 is 1.91 bits per heavy atom. The molecule has 2 N–H and O–H groups in total. The van der Waals surface area contributed by atoms with Crippen molar-refractivity contribution in [3.05, 3.63) is 34.5 Å². The van der Waals surface area contributed by atoms with Gasteiger partial charge in [0, 0.05) is 29.1 Å². The largest absolute Gasteiger partial charge is 0.354 e. The molecule has 0 aliphatic heterocycles. The van der Waals surface area contributed by atoms with Gasteiger partial charge in [0.05, 0.1) is 4.88 Å². The first-order valence-electron chi connectivity index (χ1n) is 7.15. The average Bonchev–Trinajstić information content (AvgIpc) is 2.81. The third-order valence-electron chi connectivity index (χ3n) is 3.34. The molecule has 0 radical (unpaired) electrons. The van der Waals surface area contributed by atoms with Gasteiger partial charge in [0.2, 0.25) is 5.91 Å². The van der Waals surface area contributed by atoms with Gasteiger partial charge in [-0.05, 0) is 24.6 Å². The summed E-state index contributed by atoms with van der Waals surface area (Å²) in [5.41, 5.74) is 0.654. The fourth-order valence-electron chi connectivity index (χ4n) is 2.12. The van der Waals surface area contributed by atoms with Crippen LogP contribution in [0.5, 0.6) is 0 Å². The molecule has 0 saturated heterocycles. The van der Waals surface area contributed by atoms with Gasteiger partial charge in [0.25, 0.3) is 5.91 Å². The minimum absolute atomic E-state index is 0.0469. The van der Waals surface area contributed by atoms with Gasteiger partial charge in [-0.15, -0.1) is 11.3 Å². The molecule has 1 aromatic heterocycles. The minimum atomic E-state index is -0.311. The quantitative estimate of drug-likeness (QED) is 0.832. The Bertz CT molecular complexity index is 709. The van der Waals surface area contributed by atoms with E-state index in [9.17, 15) is 14.0 Å². The number of benzene rings is 1. The van der Waals surface area contributed by atoms with Crippen LogP contribution in [0.2, 0.25) is 0 Å². The summed E-state index contributed by atoms with van der Waals surface area (Å²) in [6.07, 6.45) is 0. The van der Waals surface area contributed by atoms with E-state index in [1.807, 2.05) is 13.8 Å². The summed E-state index contributed by atoms with van der Waals surface area (Å²) in [6.45, 7) is 6.08. The maximum atomic E-state index is 13.8. The molecule has 0 spiro atoms. The monoisotopic (exact) mass is 322 g/mol. The van der Waals surface area contributed by atoms with E-state index < -0.39 is 0 Å². The minimum Gasteiger partial charge on any atom is -0.354 e. The lowest BCUT2D eigenvalue weighted by atomic mass is 10.1. The topological polar surface area (TPSA) is 58.2 Å². The van der Waals surface area contributed by atoms with Crippen molar-refractivity contribution in [2.45, 2.75) is 20.8 Å². The average molecular weight is 322 g/mol. The van der Waals surface area contributed by atoms with Gasteiger partial charge in [-0.2, -0.15) is 0 Å². The summed E-state index contributed by atoms with van der Waals surface area (Å²) >= 11 is 1.28. The van der Waals surface area contributed by atoms with E-state index in [1.54, 1.807) is 19.1 Å². The number of carbonyl (C=O) groups excluding carboxylic acids is 2. The summed E-state index contributed by atoms with van der Waals surface area (Å²) in [7, 11) is 0. The second-order valence-corrected chi connectivity index (χ2v) is 6.42. The van der Waals surface area contributed by atoms with E-state index in [1.165, 1.54) is 17.4 Å². The molecule has 2 rings (SSSR count). The molecule has 0 atom stereocenters. The molecule has 6 heteroatoms. The van der Waals surface area contributed by atoms with Crippen molar-refractivity contribution in [3.8, 4) is 0 Å². The van der Waals surface area contributed by atoms with Crippen molar-refractivity contribution in [2.75, 3.05) is 13.1 Å². The normalized spacial score (nSPS) is 11.0. The lowest BCUT2D eigenvalue weighted by Gasteiger charge is -2.08. The lowest BCUT2D eigenvalue weighted by molar-refractivity contribution is -0.123. The molecule has 0 bridgehead atoms. The van der Waals surface area contributed by atoms with Crippen LogP contribution in [-0.2, 0) is 4.79 Å². The van der Waals surface area contributed by atoms with Crippen LogP contribution in [0, 0.1) is 18.7 Å². The van der Waals surface area contributed by atoms with Crippen LogP contribution in [-0.4, -0.2) is 24.9 Å². The number of carbonyl (C=O) groups is 2. The van der Waals surface area contributed by atoms with Crippen LogP contribution in [0.25, 0.3) is 10.1 Å². The van der Waals surface area contributed by atoms with E-state index in [-0.39, 0.29) is 23.5 Å². The highest BCUT2D eigenvalue weighted by atomic mass is 32.1. The van der Waals surface area contributed by atoms with Crippen molar-refractivity contribution < 1.29 is 14.0 Å². The zero-order chi connectivity index (χ0) is 16.3. The Balaban J connectivity index is 2.00. The Labute approximate surface area is 132 Å². The van der Waals surface area contributed by atoms with Crippen molar-refractivity contribution in [3.63, 3.8) is 0 Å². The molecule has 0 saturated carbocycles. The second kappa shape index (κ2) is 6.87. The van der Waals surface area contributed by atoms with Gasteiger partial charge in [-0.1, -0.05) is 19.9 Å². The van der Waals surface area contributed by atoms with Gasteiger partial charge in [0.1, 0.15) is 5.82 Å². The first-order chi connectivity index (χ1) is 10.4. The summed E-state index contributed by atoms with van der Waals surface area (Å²) in [5.74, 6) is -0.677. The molecular weight excluding hydrogens is 303 g/mol. The van der Waals surface area contributed by atoms with Gasteiger partial charge < -0.3 is 10.6 Å². The molecule has 22 heavy (non-hydrogen) atoms. The Morgan fingerprint density at radius 1 is 1.23 bits per heavy atom. The molecule has 2 aromatic rings. The van der Waals surface area contributed by atoms with E-state index in [0.29, 0.717) is 28.9 Å². The molecule has 0 aliphatic carbocycles. The van der Waals surface area contributed by atoms with Crippen LogP contribution >= 0.6 is 11.3 Å². The highest BCUT2D eigenvalue weighted by Crippen LogP contribution is 2.32. The number of amides is 2. The number of aryl methyl sites for hydroxylation is 1. The molecule has 118 valence electrons. The van der Waals surface area contributed by atoms with E-state index in [0.717, 1.165) is 4.70 Å². The van der Waals surface area contributed by atoms with Gasteiger partial charge in [-0.25, -0.2) is 4.39 Å². The second-order valence-electron chi connectivity index (χ2n) is 5.37. The predicted octanol–water partition coefficient (Wildman–Crippen LogP) is 2.85. The predicted molar refractivity (Wildman–Crippen MR) is 86.7 cm³/mol. The SMILES string of the molecule is Cc1c(C(=O)NCCNC(=O)C(C)C)sc2cccc(F)c12. The Hall–Kier alpha value is -1.95.